The summed E-state index contributed by atoms with van der Waals surface area (Å²) in [5.74, 6) is 0.953. The predicted molar refractivity (Wildman–Crippen MR) is 377 cm³/mol. The van der Waals surface area contributed by atoms with E-state index in [1.54, 1.807) is 0 Å². The molecule has 0 saturated heterocycles. The van der Waals surface area contributed by atoms with E-state index in [2.05, 4.69) is 55.4 Å². The SMILES string of the molecule is CCC(C)CCCCCCCCCCCCC(=O)O[C@H](COC(=O)CCCCCCCCCCCCCCCC(C)C)COP(=O)(O)OC[C@@H](O)COP(=O)(O)OC[C@@H](COC(=O)CCCCCCCCC(C)CC)OC(=O)CCCCCCCCCCCCC(C)C. The highest BCUT2D eigenvalue weighted by molar-refractivity contribution is 7.47. The van der Waals surface area contributed by atoms with E-state index in [1.165, 1.54) is 167 Å². The summed E-state index contributed by atoms with van der Waals surface area (Å²) in [5.41, 5.74) is 0. The van der Waals surface area contributed by atoms with Crippen LogP contribution in [0.1, 0.15) is 370 Å². The molecule has 0 spiro atoms. The second kappa shape index (κ2) is 63.5. The summed E-state index contributed by atoms with van der Waals surface area (Å²) < 4.78 is 68.5. The molecule has 4 unspecified atom stereocenters. The van der Waals surface area contributed by atoms with Crippen LogP contribution in [0.2, 0.25) is 0 Å². The topological polar surface area (TPSA) is 237 Å². The van der Waals surface area contributed by atoms with Gasteiger partial charge in [0.1, 0.15) is 19.3 Å². The van der Waals surface area contributed by atoms with E-state index in [0.717, 1.165) is 120 Å². The minimum Gasteiger partial charge on any atom is -0.462 e. The monoisotopic (exact) mass is 1370 g/mol. The molecule has 7 atom stereocenters. The molecule has 0 aliphatic rings. The summed E-state index contributed by atoms with van der Waals surface area (Å²) in [4.78, 5) is 72.7. The zero-order chi connectivity index (χ0) is 68.9. The van der Waals surface area contributed by atoms with E-state index in [9.17, 15) is 43.2 Å². The Labute approximate surface area is 568 Å². The third-order valence-electron chi connectivity index (χ3n) is 17.8. The molecule has 0 aromatic carbocycles. The van der Waals surface area contributed by atoms with Crippen LogP contribution in [0.4, 0.5) is 0 Å². The van der Waals surface area contributed by atoms with Gasteiger partial charge >= 0.3 is 39.5 Å². The molecule has 0 heterocycles. The maximum absolute atomic E-state index is 13.1. The third-order valence-corrected chi connectivity index (χ3v) is 19.7. The Balaban J connectivity index is 5.26. The molecule has 0 aliphatic carbocycles. The summed E-state index contributed by atoms with van der Waals surface area (Å²) in [7, 11) is -9.91. The molecule has 19 heteroatoms. The lowest BCUT2D eigenvalue weighted by Crippen LogP contribution is -2.30. The number of ether oxygens (including phenoxy) is 4. The average Bonchev–Trinajstić information content (AvgIpc) is 1.96. The Morgan fingerprint density at radius 3 is 0.763 bits per heavy atom. The predicted octanol–water partition coefficient (Wildman–Crippen LogP) is 21.3. The number of carbonyl (C=O) groups is 4. The highest BCUT2D eigenvalue weighted by atomic mass is 31.2. The van der Waals surface area contributed by atoms with Crippen LogP contribution in [0.3, 0.4) is 0 Å². The van der Waals surface area contributed by atoms with Crippen molar-refractivity contribution < 1.29 is 80.2 Å². The van der Waals surface area contributed by atoms with Crippen LogP contribution >= 0.6 is 15.6 Å². The van der Waals surface area contributed by atoms with E-state index < -0.39 is 97.5 Å². The summed E-state index contributed by atoms with van der Waals surface area (Å²) in [5, 5.41) is 10.6. The van der Waals surface area contributed by atoms with Crippen LogP contribution in [0.15, 0.2) is 0 Å². The molecule has 552 valence electrons. The number of hydrogen-bond acceptors (Lipinski definition) is 15. The summed E-state index contributed by atoms with van der Waals surface area (Å²) in [6.45, 7) is 14.2. The number of aliphatic hydroxyl groups is 1. The Morgan fingerprint density at radius 2 is 0.516 bits per heavy atom. The minimum atomic E-state index is -4.96. The van der Waals surface area contributed by atoms with Crippen molar-refractivity contribution in [3.05, 3.63) is 0 Å². The van der Waals surface area contributed by atoms with Gasteiger partial charge in [0.15, 0.2) is 12.2 Å². The van der Waals surface area contributed by atoms with E-state index in [4.69, 9.17) is 37.0 Å². The van der Waals surface area contributed by atoms with Crippen molar-refractivity contribution in [2.45, 2.75) is 388 Å². The van der Waals surface area contributed by atoms with Gasteiger partial charge in [0.25, 0.3) is 0 Å². The van der Waals surface area contributed by atoms with Crippen LogP contribution in [-0.4, -0.2) is 96.7 Å². The molecule has 3 N–H and O–H groups in total. The molecule has 0 aliphatic heterocycles. The van der Waals surface area contributed by atoms with Gasteiger partial charge in [-0.05, 0) is 49.4 Å². The van der Waals surface area contributed by atoms with Gasteiger partial charge < -0.3 is 33.8 Å². The molecule has 93 heavy (non-hydrogen) atoms. The van der Waals surface area contributed by atoms with Gasteiger partial charge in [-0.3, -0.25) is 37.3 Å². The van der Waals surface area contributed by atoms with E-state index in [1.807, 2.05) is 0 Å². The fraction of sp³-hybridized carbons (Fsp3) is 0.946. The lowest BCUT2D eigenvalue weighted by atomic mass is 9.99. The second-order valence-electron chi connectivity index (χ2n) is 28.1. The number of phosphoric ester groups is 2. The number of carbonyl (C=O) groups excluding carboxylic acids is 4. The lowest BCUT2D eigenvalue weighted by molar-refractivity contribution is -0.161. The van der Waals surface area contributed by atoms with Crippen LogP contribution < -0.4 is 0 Å². The molecule has 0 fully saturated rings. The quantitative estimate of drug-likeness (QED) is 0.0222. The lowest BCUT2D eigenvalue weighted by Gasteiger charge is -2.21. The van der Waals surface area contributed by atoms with Gasteiger partial charge in [-0.2, -0.15) is 0 Å². The van der Waals surface area contributed by atoms with Gasteiger partial charge in [0.05, 0.1) is 26.4 Å². The molecule has 0 saturated carbocycles. The number of esters is 4. The van der Waals surface area contributed by atoms with Crippen LogP contribution in [0.5, 0.6) is 0 Å². The Bertz CT molecular complexity index is 1840. The maximum atomic E-state index is 13.1. The summed E-state index contributed by atoms with van der Waals surface area (Å²) >= 11 is 0. The first-order valence-electron chi connectivity index (χ1n) is 38.3. The van der Waals surface area contributed by atoms with Crippen molar-refractivity contribution in [2.75, 3.05) is 39.6 Å². The van der Waals surface area contributed by atoms with Gasteiger partial charge in [-0.1, -0.05) is 319 Å². The van der Waals surface area contributed by atoms with Crippen molar-refractivity contribution in [3.8, 4) is 0 Å². The van der Waals surface area contributed by atoms with Crippen molar-refractivity contribution in [2.24, 2.45) is 23.7 Å². The van der Waals surface area contributed by atoms with Crippen molar-refractivity contribution in [1.82, 2.24) is 0 Å². The Kier molecular flexibility index (Phi) is 62.2. The molecule has 0 amide bonds. The third kappa shape index (κ3) is 65.8. The van der Waals surface area contributed by atoms with Crippen LogP contribution in [-0.2, 0) is 65.4 Å². The first-order chi connectivity index (χ1) is 44.7. The normalized spacial score (nSPS) is 14.8. The minimum absolute atomic E-state index is 0.105. The summed E-state index contributed by atoms with van der Waals surface area (Å²) in [6, 6.07) is 0. The first kappa shape index (κ1) is 91.1. The molecule has 0 aromatic rings. The highest BCUT2D eigenvalue weighted by Gasteiger charge is 2.30. The number of hydrogen-bond donors (Lipinski definition) is 3. The standard InChI is InChI=1S/C74H144O17P2/c1-9-66(7)52-44-36-28-22-17-19-25-31-41-49-57-74(79)90-69(60-84-71(76)54-46-38-29-23-15-13-11-12-14-20-26-34-42-50-64(3)4)62-88-92(80,81)86-58-68(75)59-87-93(82,83)89-63-70(61-85-72(77)55-47-39-33-32-37-45-53-67(8)10-2)91-73(78)56-48-40-30-24-18-16-21-27-35-43-51-65(5)6/h64-70,75H,9-63H2,1-8H3,(H,80,81)(H,82,83)/t66?,67?,68-,69-,70-/m1/s1. The molecule has 0 aromatic heterocycles. The molecular weight excluding hydrogens is 1220 g/mol. The summed E-state index contributed by atoms with van der Waals surface area (Å²) in [6.07, 6.45) is 47.1. The maximum Gasteiger partial charge on any atom is 0.472 e. The second-order valence-corrected chi connectivity index (χ2v) is 31.0. The highest BCUT2D eigenvalue weighted by Crippen LogP contribution is 2.45. The van der Waals surface area contributed by atoms with Crippen LogP contribution in [0.25, 0.3) is 0 Å². The largest absolute Gasteiger partial charge is 0.472 e. The average molecular weight is 1370 g/mol. The zero-order valence-corrected chi connectivity index (χ0v) is 62.7. The van der Waals surface area contributed by atoms with Gasteiger partial charge in [-0.25, -0.2) is 9.13 Å². The van der Waals surface area contributed by atoms with Crippen molar-refractivity contribution in [3.63, 3.8) is 0 Å². The first-order valence-corrected chi connectivity index (χ1v) is 41.3. The molecule has 17 nitrogen and oxygen atoms in total. The van der Waals surface area contributed by atoms with Gasteiger partial charge in [0, 0.05) is 25.7 Å². The number of phosphoric acid groups is 2. The number of rotatable bonds is 71. The molecule has 0 radical (unpaired) electrons. The fourth-order valence-electron chi connectivity index (χ4n) is 11.1. The molecule has 0 bridgehead atoms. The number of unbranched alkanes of at least 4 members (excludes halogenated alkanes) is 35. The smallest absolute Gasteiger partial charge is 0.462 e. The molecule has 0 rings (SSSR count). The van der Waals surface area contributed by atoms with E-state index in [-0.39, 0.29) is 25.7 Å². The Morgan fingerprint density at radius 1 is 0.301 bits per heavy atom. The van der Waals surface area contributed by atoms with Crippen LogP contribution in [0, 0.1) is 23.7 Å². The van der Waals surface area contributed by atoms with E-state index >= 15 is 0 Å². The fourth-order valence-corrected chi connectivity index (χ4v) is 12.7. The number of aliphatic hydroxyl groups excluding tert-OH is 1. The zero-order valence-electron chi connectivity index (χ0n) is 60.9. The van der Waals surface area contributed by atoms with E-state index in [0.29, 0.717) is 25.7 Å². The molecular formula is C74H144O17P2. The van der Waals surface area contributed by atoms with Gasteiger partial charge in [-0.15, -0.1) is 0 Å². The Hall–Kier alpha value is -1.94. The van der Waals surface area contributed by atoms with Crippen molar-refractivity contribution in [1.29, 1.82) is 0 Å². The van der Waals surface area contributed by atoms with Gasteiger partial charge in [0.2, 0.25) is 0 Å². The van der Waals surface area contributed by atoms with Crippen molar-refractivity contribution >= 4 is 39.5 Å².